The van der Waals surface area contributed by atoms with Crippen LogP contribution in [0.3, 0.4) is 0 Å². The number of hydrogen-bond donors (Lipinski definition) is 2. The minimum atomic E-state index is -0.0560. The molecule has 0 radical (unpaired) electrons. The SMILES string of the molecule is CC1CCC2NC(c3ccccc3)C(c3nccn3C)c3n[nH]c(=O)c1c32. The Morgan fingerprint density at radius 2 is 1.96 bits per heavy atom. The average Bonchev–Trinajstić information content (AvgIpc) is 3.11. The predicted octanol–water partition coefficient (Wildman–Crippen LogP) is 2.92. The Morgan fingerprint density at radius 3 is 2.70 bits per heavy atom. The number of aryl methyl sites for hydroxylation is 1. The summed E-state index contributed by atoms with van der Waals surface area (Å²) < 4.78 is 2.05. The minimum Gasteiger partial charge on any atom is -0.337 e. The number of imidazole rings is 1. The van der Waals surface area contributed by atoms with Crippen molar-refractivity contribution in [3.05, 3.63) is 81.3 Å². The highest BCUT2D eigenvalue weighted by Crippen LogP contribution is 2.48. The summed E-state index contributed by atoms with van der Waals surface area (Å²) in [6.45, 7) is 2.14. The summed E-state index contributed by atoms with van der Waals surface area (Å²) in [5, 5.41) is 11.2. The highest BCUT2D eigenvalue weighted by molar-refractivity contribution is 5.45. The number of aromatic amines is 1. The molecule has 5 rings (SSSR count). The van der Waals surface area contributed by atoms with Gasteiger partial charge in [0.1, 0.15) is 5.82 Å². The van der Waals surface area contributed by atoms with Gasteiger partial charge in [0.15, 0.2) is 0 Å². The molecule has 0 saturated carbocycles. The first-order valence-electron chi connectivity index (χ1n) is 9.55. The van der Waals surface area contributed by atoms with Crippen molar-refractivity contribution >= 4 is 0 Å². The van der Waals surface area contributed by atoms with Crippen molar-refractivity contribution in [2.45, 2.75) is 43.7 Å². The van der Waals surface area contributed by atoms with Gasteiger partial charge in [-0.15, -0.1) is 0 Å². The zero-order chi connectivity index (χ0) is 18.5. The third kappa shape index (κ3) is 2.47. The lowest BCUT2D eigenvalue weighted by molar-refractivity contribution is 0.317. The monoisotopic (exact) mass is 361 g/mol. The van der Waals surface area contributed by atoms with E-state index in [4.69, 9.17) is 0 Å². The Balaban J connectivity index is 1.77. The molecule has 0 bridgehead atoms. The van der Waals surface area contributed by atoms with Crippen molar-refractivity contribution in [2.24, 2.45) is 7.05 Å². The summed E-state index contributed by atoms with van der Waals surface area (Å²) in [6, 6.07) is 10.7. The Hall–Kier alpha value is -2.73. The van der Waals surface area contributed by atoms with Crippen molar-refractivity contribution in [1.82, 2.24) is 25.1 Å². The number of hydrogen-bond acceptors (Lipinski definition) is 4. The van der Waals surface area contributed by atoms with Crippen molar-refractivity contribution in [3.63, 3.8) is 0 Å². The molecular formula is C21H23N5O. The number of rotatable bonds is 2. The molecule has 27 heavy (non-hydrogen) atoms. The Labute approximate surface area is 157 Å². The predicted molar refractivity (Wildman–Crippen MR) is 103 cm³/mol. The lowest BCUT2D eigenvalue weighted by Gasteiger charge is -2.42. The van der Waals surface area contributed by atoms with Gasteiger partial charge in [-0.2, -0.15) is 5.10 Å². The van der Waals surface area contributed by atoms with Gasteiger partial charge in [0.05, 0.1) is 11.6 Å². The smallest absolute Gasteiger partial charge is 0.267 e. The van der Waals surface area contributed by atoms with E-state index in [1.54, 1.807) is 0 Å². The zero-order valence-corrected chi connectivity index (χ0v) is 15.5. The molecule has 6 heteroatoms. The fraction of sp³-hybridized carbons (Fsp3) is 0.381. The molecule has 4 atom stereocenters. The van der Waals surface area contributed by atoms with Gasteiger partial charge >= 0.3 is 0 Å². The van der Waals surface area contributed by atoms with E-state index < -0.39 is 0 Å². The van der Waals surface area contributed by atoms with Gasteiger partial charge in [0.25, 0.3) is 5.56 Å². The summed E-state index contributed by atoms with van der Waals surface area (Å²) in [7, 11) is 2.01. The molecule has 0 saturated heterocycles. The highest BCUT2D eigenvalue weighted by Gasteiger charge is 2.43. The number of nitrogens with one attached hydrogen (secondary N) is 2. The molecule has 2 N–H and O–H groups in total. The van der Waals surface area contributed by atoms with E-state index in [0.29, 0.717) is 0 Å². The molecule has 3 aromatic rings. The molecule has 1 aliphatic carbocycles. The molecule has 1 aromatic carbocycles. The maximum absolute atomic E-state index is 12.6. The van der Waals surface area contributed by atoms with E-state index >= 15 is 0 Å². The second kappa shape index (κ2) is 6.16. The second-order valence-corrected chi connectivity index (χ2v) is 7.73. The number of H-pyrrole nitrogens is 1. The van der Waals surface area contributed by atoms with E-state index in [2.05, 4.69) is 51.7 Å². The normalized spacial score (nSPS) is 26.6. The Kier molecular flexibility index (Phi) is 3.75. The van der Waals surface area contributed by atoms with Crippen molar-refractivity contribution in [2.75, 3.05) is 0 Å². The van der Waals surface area contributed by atoms with Crippen LogP contribution in [0.5, 0.6) is 0 Å². The summed E-state index contributed by atoms with van der Waals surface area (Å²) in [6.07, 6.45) is 5.81. The maximum atomic E-state index is 12.6. The van der Waals surface area contributed by atoms with Gasteiger partial charge in [-0.05, 0) is 24.3 Å². The van der Waals surface area contributed by atoms with Gasteiger partial charge in [0.2, 0.25) is 0 Å². The minimum absolute atomic E-state index is 0.0514. The Bertz CT molecular complexity index is 1040. The van der Waals surface area contributed by atoms with Crippen LogP contribution in [0, 0.1) is 0 Å². The van der Waals surface area contributed by atoms with E-state index in [1.807, 2.05) is 30.1 Å². The van der Waals surface area contributed by atoms with Gasteiger partial charge < -0.3 is 9.88 Å². The molecule has 2 aliphatic rings. The van der Waals surface area contributed by atoms with Crippen molar-refractivity contribution in [3.8, 4) is 0 Å². The molecular weight excluding hydrogens is 338 g/mol. The Morgan fingerprint density at radius 1 is 1.15 bits per heavy atom. The van der Waals surface area contributed by atoms with E-state index in [9.17, 15) is 4.79 Å². The van der Waals surface area contributed by atoms with Crippen LogP contribution in [0.25, 0.3) is 0 Å². The van der Waals surface area contributed by atoms with Crippen LogP contribution in [0.4, 0.5) is 0 Å². The van der Waals surface area contributed by atoms with Crippen LogP contribution in [0.1, 0.15) is 71.9 Å². The number of benzene rings is 1. The standard InChI is InChI=1S/C21H23N5O/c1-12-8-9-14-16-15(12)21(27)25-24-19(16)17(20-22-10-11-26(20)2)18(23-14)13-6-4-3-5-7-13/h3-7,10-12,14,17-18,23H,8-9H2,1-2H3,(H,25,27). The van der Waals surface area contributed by atoms with Gasteiger partial charge in [0, 0.05) is 42.7 Å². The summed E-state index contributed by atoms with van der Waals surface area (Å²) in [5.41, 5.74) is 4.11. The lowest BCUT2D eigenvalue weighted by Crippen LogP contribution is -2.43. The molecule has 3 heterocycles. The van der Waals surface area contributed by atoms with E-state index in [1.165, 1.54) is 5.56 Å². The van der Waals surface area contributed by atoms with Crippen molar-refractivity contribution in [1.29, 1.82) is 0 Å². The van der Waals surface area contributed by atoms with Crippen LogP contribution < -0.4 is 10.9 Å². The third-order valence-corrected chi connectivity index (χ3v) is 6.12. The fourth-order valence-electron chi connectivity index (χ4n) is 4.82. The van der Waals surface area contributed by atoms with Crippen LogP contribution in [-0.4, -0.2) is 19.7 Å². The molecule has 6 nitrogen and oxygen atoms in total. The molecule has 4 unspecified atom stereocenters. The first kappa shape index (κ1) is 16.4. The molecule has 0 spiro atoms. The lowest BCUT2D eigenvalue weighted by atomic mass is 9.73. The third-order valence-electron chi connectivity index (χ3n) is 6.12. The highest BCUT2D eigenvalue weighted by atomic mass is 16.1. The van der Waals surface area contributed by atoms with E-state index in [0.717, 1.165) is 35.5 Å². The van der Waals surface area contributed by atoms with Crippen LogP contribution in [-0.2, 0) is 7.05 Å². The van der Waals surface area contributed by atoms with Gasteiger partial charge in [-0.25, -0.2) is 10.1 Å². The fourth-order valence-corrected chi connectivity index (χ4v) is 4.82. The average molecular weight is 361 g/mol. The van der Waals surface area contributed by atoms with Gasteiger partial charge in [-0.1, -0.05) is 37.3 Å². The van der Waals surface area contributed by atoms with Crippen molar-refractivity contribution < 1.29 is 0 Å². The number of aromatic nitrogens is 4. The molecule has 1 aliphatic heterocycles. The quantitative estimate of drug-likeness (QED) is 0.736. The van der Waals surface area contributed by atoms with Crippen LogP contribution >= 0.6 is 0 Å². The molecule has 138 valence electrons. The maximum Gasteiger partial charge on any atom is 0.267 e. The topological polar surface area (TPSA) is 75.6 Å². The first-order chi connectivity index (χ1) is 13.1. The first-order valence-corrected chi connectivity index (χ1v) is 9.55. The molecule has 0 amide bonds. The largest absolute Gasteiger partial charge is 0.337 e. The molecule has 2 aromatic heterocycles. The van der Waals surface area contributed by atoms with E-state index in [-0.39, 0.29) is 29.5 Å². The molecule has 0 fully saturated rings. The van der Waals surface area contributed by atoms with Crippen LogP contribution in [0.15, 0.2) is 47.5 Å². The summed E-state index contributed by atoms with van der Waals surface area (Å²) >= 11 is 0. The summed E-state index contributed by atoms with van der Waals surface area (Å²) in [4.78, 5) is 17.2. The zero-order valence-electron chi connectivity index (χ0n) is 15.5. The van der Waals surface area contributed by atoms with Gasteiger partial charge in [-0.3, -0.25) is 4.79 Å². The second-order valence-electron chi connectivity index (χ2n) is 7.73. The summed E-state index contributed by atoms with van der Waals surface area (Å²) in [5.74, 6) is 1.15. The van der Waals surface area contributed by atoms with Crippen LogP contribution in [0.2, 0.25) is 0 Å². The number of nitrogens with zero attached hydrogens (tertiary/aromatic N) is 3.